The molecule has 0 aromatic heterocycles. The molecule has 0 bridgehead atoms. The number of aryl methyl sites for hydroxylation is 2. The first-order valence-electron chi connectivity index (χ1n) is 11.4. The monoisotopic (exact) mass is 420 g/mol. The summed E-state index contributed by atoms with van der Waals surface area (Å²) in [5.41, 5.74) is 5.15. The van der Waals surface area contributed by atoms with E-state index in [0.29, 0.717) is 11.3 Å². The number of likely N-dealkylation sites (tertiary alicyclic amines) is 1. The highest BCUT2D eigenvalue weighted by Gasteiger charge is 2.25. The van der Waals surface area contributed by atoms with Gasteiger partial charge in [0.1, 0.15) is 0 Å². The van der Waals surface area contributed by atoms with Crippen molar-refractivity contribution in [3.63, 3.8) is 0 Å². The van der Waals surface area contributed by atoms with Gasteiger partial charge in [-0.1, -0.05) is 18.2 Å². The molecule has 0 spiro atoms. The Morgan fingerprint density at radius 1 is 0.806 bits per heavy atom. The Labute approximate surface area is 184 Å². The van der Waals surface area contributed by atoms with E-state index in [1.165, 1.54) is 6.42 Å². The molecule has 0 aliphatic carbocycles. The predicted octanol–water partition coefficient (Wildman–Crippen LogP) is 5.17. The summed E-state index contributed by atoms with van der Waals surface area (Å²) in [6.45, 7) is 7.51. The number of rotatable bonds is 4. The zero-order chi connectivity index (χ0) is 21.8. The zero-order valence-electron chi connectivity index (χ0n) is 18.5. The van der Waals surface area contributed by atoms with E-state index < -0.39 is 0 Å². The summed E-state index contributed by atoms with van der Waals surface area (Å²) in [7, 11) is 0. The Hall–Kier alpha value is -3.02. The number of anilines is 3. The third-order valence-electron chi connectivity index (χ3n) is 6.29. The molecule has 4 rings (SSSR count). The van der Waals surface area contributed by atoms with Gasteiger partial charge >= 0.3 is 6.03 Å². The molecule has 2 N–H and O–H groups in total. The Balaban J connectivity index is 1.56. The molecule has 2 heterocycles. The third kappa shape index (κ3) is 4.84. The second-order valence-corrected chi connectivity index (χ2v) is 8.62. The van der Waals surface area contributed by atoms with Gasteiger partial charge in [0.2, 0.25) is 0 Å². The van der Waals surface area contributed by atoms with Gasteiger partial charge in [-0.15, -0.1) is 0 Å². The van der Waals surface area contributed by atoms with Crippen molar-refractivity contribution in [1.29, 1.82) is 0 Å². The molecule has 164 valence electrons. The van der Waals surface area contributed by atoms with Gasteiger partial charge in [-0.25, -0.2) is 4.79 Å². The van der Waals surface area contributed by atoms with Crippen LogP contribution >= 0.6 is 0 Å². The molecule has 31 heavy (non-hydrogen) atoms. The van der Waals surface area contributed by atoms with E-state index in [1.54, 1.807) is 0 Å². The standard InChI is InChI=1S/C25H32N4O2/c1-18-9-8-10-19(2)23(18)27-25(31)26-20-11-12-22(28-13-6-7-14-28)21(17-20)24(30)29-15-4-3-5-16-29/h8-12,17H,3-7,13-16H2,1-2H3,(H2,26,27,31). The maximum atomic E-state index is 13.4. The Bertz CT molecular complexity index is 940. The molecule has 2 fully saturated rings. The minimum atomic E-state index is -0.303. The van der Waals surface area contributed by atoms with Gasteiger partial charge in [0.25, 0.3) is 5.91 Å². The van der Waals surface area contributed by atoms with Crippen molar-refractivity contribution in [3.05, 3.63) is 53.1 Å². The largest absolute Gasteiger partial charge is 0.371 e. The molecule has 3 amide bonds. The van der Waals surface area contributed by atoms with Gasteiger partial charge in [0, 0.05) is 43.2 Å². The predicted molar refractivity (Wildman–Crippen MR) is 126 cm³/mol. The number of urea groups is 1. The average Bonchev–Trinajstić information content (AvgIpc) is 3.31. The summed E-state index contributed by atoms with van der Waals surface area (Å²) in [6.07, 6.45) is 5.59. The molecule has 0 saturated carbocycles. The van der Waals surface area contributed by atoms with E-state index in [1.807, 2.05) is 55.1 Å². The average molecular weight is 421 g/mol. The number of carbonyl (C=O) groups excluding carboxylic acids is 2. The lowest BCUT2D eigenvalue weighted by molar-refractivity contribution is 0.0725. The summed E-state index contributed by atoms with van der Waals surface area (Å²) in [6, 6.07) is 11.3. The van der Waals surface area contributed by atoms with Crippen molar-refractivity contribution in [2.75, 3.05) is 41.7 Å². The molecule has 0 unspecified atom stereocenters. The molecule has 0 atom stereocenters. The molecular weight excluding hydrogens is 388 g/mol. The molecule has 6 heteroatoms. The Morgan fingerprint density at radius 3 is 2.13 bits per heavy atom. The van der Waals surface area contributed by atoms with Crippen molar-refractivity contribution in [2.45, 2.75) is 46.0 Å². The first-order chi connectivity index (χ1) is 15.0. The van der Waals surface area contributed by atoms with Crippen molar-refractivity contribution in [2.24, 2.45) is 0 Å². The van der Waals surface area contributed by atoms with Gasteiger partial charge in [-0.2, -0.15) is 0 Å². The van der Waals surface area contributed by atoms with Crippen LogP contribution in [0, 0.1) is 13.8 Å². The van der Waals surface area contributed by atoms with E-state index in [4.69, 9.17) is 0 Å². The second-order valence-electron chi connectivity index (χ2n) is 8.62. The lowest BCUT2D eigenvalue weighted by atomic mass is 10.1. The second kappa shape index (κ2) is 9.41. The number of amides is 3. The van der Waals surface area contributed by atoms with Gasteiger partial charge < -0.3 is 20.4 Å². The Kier molecular flexibility index (Phi) is 6.44. The van der Waals surface area contributed by atoms with Crippen LogP contribution in [0.1, 0.15) is 53.6 Å². The molecule has 2 aromatic rings. The number of carbonyl (C=O) groups is 2. The van der Waals surface area contributed by atoms with Gasteiger partial charge in [-0.3, -0.25) is 4.79 Å². The van der Waals surface area contributed by atoms with Gasteiger partial charge in [0.05, 0.1) is 5.56 Å². The van der Waals surface area contributed by atoms with E-state index in [2.05, 4.69) is 15.5 Å². The van der Waals surface area contributed by atoms with E-state index >= 15 is 0 Å². The first kappa shape index (κ1) is 21.2. The lowest BCUT2D eigenvalue weighted by Gasteiger charge is -2.29. The molecule has 2 saturated heterocycles. The highest BCUT2D eigenvalue weighted by Crippen LogP contribution is 2.30. The molecule has 2 aromatic carbocycles. The van der Waals surface area contributed by atoms with E-state index in [9.17, 15) is 9.59 Å². The number of nitrogens with one attached hydrogen (secondary N) is 2. The van der Waals surface area contributed by atoms with Crippen LogP contribution in [0.2, 0.25) is 0 Å². The fourth-order valence-corrected chi connectivity index (χ4v) is 4.57. The first-order valence-corrected chi connectivity index (χ1v) is 11.4. The van der Waals surface area contributed by atoms with Crippen molar-refractivity contribution in [3.8, 4) is 0 Å². The van der Waals surface area contributed by atoms with Crippen LogP contribution < -0.4 is 15.5 Å². The van der Waals surface area contributed by atoms with Crippen LogP contribution in [0.4, 0.5) is 21.9 Å². The summed E-state index contributed by atoms with van der Waals surface area (Å²) in [5, 5.41) is 5.87. The maximum Gasteiger partial charge on any atom is 0.323 e. The Morgan fingerprint density at radius 2 is 1.45 bits per heavy atom. The highest BCUT2D eigenvalue weighted by atomic mass is 16.2. The fourth-order valence-electron chi connectivity index (χ4n) is 4.57. The SMILES string of the molecule is Cc1cccc(C)c1NC(=O)Nc1ccc(N2CCCC2)c(C(=O)N2CCCCC2)c1. The summed E-state index contributed by atoms with van der Waals surface area (Å²) < 4.78 is 0. The number of hydrogen-bond acceptors (Lipinski definition) is 3. The smallest absolute Gasteiger partial charge is 0.323 e. The molecular formula is C25H32N4O2. The number of hydrogen-bond donors (Lipinski definition) is 2. The van der Waals surface area contributed by atoms with Crippen LogP contribution in [0.5, 0.6) is 0 Å². The van der Waals surface area contributed by atoms with Crippen LogP contribution in [-0.4, -0.2) is 43.0 Å². The van der Waals surface area contributed by atoms with Crippen LogP contribution in [0.3, 0.4) is 0 Å². The zero-order valence-corrected chi connectivity index (χ0v) is 18.5. The van der Waals surface area contributed by atoms with Crippen molar-refractivity contribution >= 4 is 29.0 Å². The summed E-state index contributed by atoms with van der Waals surface area (Å²) in [5.74, 6) is 0.0698. The molecule has 6 nitrogen and oxygen atoms in total. The van der Waals surface area contributed by atoms with Crippen LogP contribution in [0.25, 0.3) is 0 Å². The maximum absolute atomic E-state index is 13.4. The van der Waals surface area contributed by atoms with E-state index in [0.717, 1.165) is 74.4 Å². The van der Waals surface area contributed by atoms with Gasteiger partial charge in [-0.05, 0) is 75.3 Å². The summed E-state index contributed by atoms with van der Waals surface area (Å²) >= 11 is 0. The minimum absolute atomic E-state index is 0.0698. The topological polar surface area (TPSA) is 64.7 Å². The van der Waals surface area contributed by atoms with Crippen LogP contribution in [0.15, 0.2) is 36.4 Å². The highest BCUT2D eigenvalue weighted by molar-refractivity contribution is 6.04. The normalized spacial score (nSPS) is 16.3. The van der Waals surface area contributed by atoms with Gasteiger partial charge in [0.15, 0.2) is 0 Å². The van der Waals surface area contributed by atoms with Crippen molar-refractivity contribution in [1.82, 2.24) is 4.90 Å². The quantitative estimate of drug-likeness (QED) is 0.717. The van der Waals surface area contributed by atoms with E-state index in [-0.39, 0.29) is 11.9 Å². The number of para-hydroxylation sites is 1. The molecule has 0 radical (unpaired) electrons. The number of piperidine rings is 1. The van der Waals surface area contributed by atoms with Crippen LogP contribution in [-0.2, 0) is 0 Å². The molecule has 2 aliphatic rings. The minimum Gasteiger partial charge on any atom is -0.371 e. The fraction of sp³-hybridized carbons (Fsp3) is 0.440. The third-order valence-corrected chi connectivity index (χ3v) is 6.29. The number of nitrogens with zero attached hydrogens (tertiary/aromatic N) is 2. The summed E-state index contributed by atoms with van der Waals surface area (Å²) in [4.78, 5) is 30.3. The number of benzene rings is 2. The molecule has 2 aliphatic heterocycles. The van der Waals surface area contributed by atoms with Crippen molar-refractivity contribution < 1.29 is 9.59 Å². The lowest BCUT2D eigenvalue weighted by Crippen LogP contribution is -2.36.